The maximum atomic E-state index is 10.4. The van der Waals surface area contributed by atoms with Crippen molar-refractivity contribution in [2.24, 2.45) is 0 Å². The van der Waals surface area contributed by atoms with Crippen molar-refractivity contribution < 1.29 is 14.6 Å². The van der Waals surface area contributed by atoms with Gasteiger partial charge in [0.25, 0.3) is 0 Å². The molecule has 0 aromatic heterocycles. The Labute approximate surface area is 89.6 Å². The van der Waals surface area contributed by atoms with Gasteiger partial charge in [-0.3, -0.25) is 0 Å². The average molecular weight is 208 g/mol. The number of hydrogen-bond donors (Lipinski definition) is 1. The first-order valence-corrected chi connectivity index (χ1v) is 5.19. The summed E-state index contributed by atoms with van der Waals surface area (Å²) in [6.07, 6.45) is 1.31. The fourth-order valence-corrected chi connectivity index (χ4v) is 1.91. The molecule has 1 heterocycles. The van der Waals surface area contributed by atoms with Gasteiger partial charge in [0.05, 0.1) is 12.7 Å². The second kappa shape index (κ2) is 4.21. The van der Waals surface area contributed by atoms with Crippen molar-refractivity contribution >= 4 is 0 Å². The van der Waals surface area contributed by atoms with Crippen LogP contribution in [0.4, 0.5) is 0 Å². The molecule has 0 amide bonds. The fraction of sp³-hybridized carbons (Fsp3) is 0.500. The second-order valence-electron chi connectivity index (χ2n) is 3.88. The minimum atomic E-state index is -0.743. The van der Waals surface area contributed by atoms with E-state index in [1.165, 1.54) is 0 Å². The lowest BCUT2D eigenvalue weighted by Gasteiger charge is -2.32. The first-order valence-electron chi connectivity index (χ1n) is 5.19. The zero-order valence-corrected chi connectivity index (χ0v) is 8.90. The van der Waals surface area contributed by atoms with E-state index >= 15 is 0 Å². The lowest BCUT2D eigenvalue weighted by Crippen LogP contribution is -2.33. The molecule has 0 unspecified atom stereocenters. The van der Waals surface area contributed by atoms with Gasteiger partial charge in [-0.25, -0.2) is 0 Å². The van der Waals surface area contributed by atoms with E-state index in [0.29, 0.717) is 26.1 Å². The Morgan fingerprint density at radius 3 is 2.73 bits per heavy atom. The van der Waals surface area contributed by atoms with Gasteiger partial charge in [-0.2, -0.15) is 0 Å². The molecule has 0 radical (unpaired) electrons. The molecular weight excluding hydrogens is 192 g/mol. The largest absolute Gasteiger partial charge is 0.497 e. The summed E-state index contributed by atoms with van der Waals surface area (Å²) in [5.41, 5.74) is 0.178. The van der Waals surface area contributed by atoms with Crippen molar-refractivity contribution in [3.63, 3.8) is 0 Å². The second-order valence-corrected chi connectivity index (χ2v) is 3.88. The highest BCUT2D eigenvalue weighted by molar-refractivity contribution is 5.32. The van der Waals surface area contributed by atoms with Gasteiger partial charge >= 0.3 is 0 Å². The van der Waals surface area contributed by atoms with Crippen LogP contribution in [0.15, 0.2) is 24.3 Å². The highest BCUT2D eigenvalue weighted by Crippen LogP contribution is 2.33. The van der Waals surface area contributed by atoms with Gasteiger partial charge in [0.2, 0.25) is 0 Å². The van der Waals surface area contributed by atoms with E-state index in [1.807, 2.05) is 24.3 Å². The number of ether oxygens (including phenoxy) is 2. The van der Waals surface area contributed by atoms with Crippen LogP contribution < -0.4 is 4.74 Å². The molecular formula is C12H16O3. The van der Waals surface area contributed by atoms with E-state index in [1.54, 1.807) is 7.11 Å². The summed E-state index contributed by atoms with van der Waals surface area (Å²) in [4.78, 5) is 0. The Morgan fingerprint density at radius 1 is 1.33 bits per heavy atom. The summed E-state index contributed by atoms with van der Waals surface area (Å²) in [5, 5.41) is 10.4. The minimum absolute atomic E-state index is 0.619. The molecule has 0 spiro atoms. The molecule has 3 nitrogen and oxygen atoms in total. The van der Waals surface area contributed by atoms with E-state index in [0.717, 1.165) is 11.3 Å². The highest BCUT2D eigenvalue weighted by atomic mass is 16.5. The van der Waals surface area contributed by atoms with E-state index in [9.17, 15) is 5.11 Å². The smallest absolute Gasteiger partial charge is 0.119 e. The lowest BCUT2D eigenvalue weighted by molar-refractivity contribution is -0.0680. The monoisotopic (exact) mass is 208 g/mol. The van der Waals surface area contributed by atoms with E-state index < -0.39 is 5.60 Å². The van der Waals surface area contributed by atoms with Crippen LogP contribution in [0.1, 0.15) is 18.4 Å². The fourth-order valence-electron chi connectivity index (χ4n) is 1.91. The third-order valence-corrected chi connectivity index (χ3v) is 2.93. The summed E-state index contributed by atoms with van der Waals surface area (Å²) < 4.78 is 10.4. The SMILES string of the molecule is COc1cccc(C2(O)CCOCC2)c1. The molecule has 82 valence electrons. The molecule has 0 aliphatic carbocycles. The van der Waals surface area contributed by atoms with Crippen LogP contribution in [0.3, 0.4) is 0 Å². The molecule has 1 aliphatic heterocycles. The molecule has 1 N–H and O–H groups in total. The summed E-state index contributed by atoms with van der Waals surface area (Å²) in [6, 6.07) is 7.62. The molecule has 0 saturated carbocycles. The number of aliphatic hydroxyl groups is 1. The third-order valence-electron chi connectivity index (χ3n) is 2.93. The van der Waals surface area contributed by atoms with Crippen LogP contribution in [-0.4, -0.2) is 25.4 Å². The number of benzene rings is 1. The van der Waals surface area contributed by atoms with Crippen LogP contribution in [0.25, 0.3) is 0 Å². The van der Waals surface area contributed by atoms with Gasteiger partial charge < -0.3 is 14.6 Å². The van der Waals surface area contributed by atoms with Crippen molar-refractivity contribution in [2.75, 3.05) is 20.3 Å². The Morgan fingerprint density at radius 2 is 2.07 bits per heavy atom. The molecule has 1 saturated heterocycles. The Balaban J connectivity index is 2.26. The van der Waals surface area contributed by atoms with E-state index in [4.69, 9.17) is 9.47 Å². The van der Waals surface area contributed by atoms with Gasteiger partial charge in [0, 0.05) is 26.1 Å². The molecule has 15 heavy (non-hydrogen) atoms. The number of methoxy groups -OCH3 is 1. The molecule has 0 bridgehead atoms. The van der Waals surface area contributed by atoms with Gasteiger partial charge in [0.1, 0.15) is 5.75 Å². The quantitative estimate of drug-likeness (QED) is 0.803. The standard InChI is InChI=1S/C12H16O3/c1-14-11-4-2-3-10(9-11)12(13)5-7-15-8-6-12/h2-4,9,13H,5-8H2,1H3. The molecule has 3 heteroatoms. The predicted octanol–water partition coefficient (Wildman–Crippen LogP) is 1.69. The zero-order chi connectivity index (χ0) is 10.7. The summed E-state index contributed by atoms with van der Waals surface area (Å²) in [6.45, 7) is 1.24. The Kier molecular flexibility index (Phi) is 2.93. The van der Waals surface area contributed by atoms with E-state index in [2.05, 4.69) is 0 Å². The Hall–Kier alpha value is -1.06. The molecule has 1 aromatic rings. The van der Waals surface area contributed by atoms with Gasteiger partial charge in [-0.1, -0.05) is 12.1 Å². The predicted molar refractivity (Wildman–Crippen MR) is 56.9 cm³/mol. The third kappa shape index (κ3) is 2.13. The maximum absolute atomic E-state index is 10.4. The number of rotatable bonds is 2. The van der Waals surface area contributed by atoms with Crippen LogP contribution >= 0.6 is 0 Å². The average Bonchev–Trinajstić information content (AvgIpc) is 2.30. The number of hydrogen-bond acceptors (Lipinski definition) is 3. The molecule has 1 fully saturated rings. The van der Waals surface area contributed by atoms with Crippen LogP contribution in [0.5, 0.6) is 5.75 Å². The Bertz CT molecular complexity index is 329. The van der Waals surface area contributed by atoms with Crippen molar-refractivity contribution in [1.29, 1.82) is 0 Å². The van der Waals surface area contributed by atoms with Crippen molar-refractivity contribution in [3.05, 3.63) is 29.8 Å². The molecule has 1 aliphatic rings. The van der Waals surface area contributed by atoms with Gasteiger partial charge in [-0.15, -0.1) is 0 Å². The van der Waals surface area contributed by atoms with Crippen molar-refractivity contribution in [3.8, 4) is 5.75 Å². The topological polar surface area (TPSA) is 38.7 Å². The van der Waals surface area contributed by atoms with Gasteiger partial charge in [0.15, 0.2) is 0 Å². The van der Waals surface area contributed by atoms with Crippen molar-refractivity contribution in [1.82, 2.24) is 0 Å². The van der Waals surface area contributed by atoms with Crippen LogP contribution in [-0.2, 0) is 10.3 Å². The van der Waals surface area contributed by atoms with E-state index in [-0.39, 0.29) is 0 Å². The molecule has 2 rings (SSSR count). The lowest BCUT2D eigenvalue weighted by atomic mass is 9.86. The summed E-state index contributed by atoms with van der Waals surface area (Å²) >= 11 is 0. The van der Waals surface area contributed by atoms with Gasteiger partial charge in [-0.05, 0) is 17.7 Å². The minimum Gasteiger partial charge on any atom is -0.497 e. The van der Waals surface area contributed by atoms with Crippen LogP contribution in [0.2, 0.25) is 0 Å². The first kappa shape index (κ1) is 10.5. The first-order chi connectivity index (χ1) is 7.24. The zero-order valence-electron chi connectivity index (χ0n) is 8.90. The normalized spacial score (nSPS) is 19.9. The highest BCUT2D eigenvalue weighted by Gasteiger charge is 2.31. The molecule has 1 aromatic carbocycles. The summed E-state index contributed by atoms with van der Waals surface area (Å²) in [7, 11) is 1.63. The van der Waals surface area contributed by atoms with Crippen LogP contribution in [0, 0.1) is 0 Å². The summed E-state index contributed by atoms with van der Waals surface area (Å²) in [5.74, 6) is 0.785. The molecule has 0 atom stereocenters. The maximum Gasteiger partial charge on any atom is 0.119 e. The van der Waals surface area contributed by atoms with Crippen molar-refractivity contribution in [2.45, 2.75) is 18.4 Å².